The first-order valence-corrected chi connectivity index (χ1v) is 6.93. The molecule has 1 aromatic rings. The van der Waals surface area contributed by atoms with Gasteiger partial charge in [-0.1, -0.05) is 27.2 Å². The Morgan fingerprint density at radius 2 is 2.12 bits per heavy atom. The van der Waals surface area contributed by atoms with Crippen molar-refractivity contribution in [1.29, 1.82) is 0 Å². The van der Waals surface area contributed by atoms with Gasteiger partial charge in [0.15, 0.2) is 5.89 Å². The number of aryl methyl sites for hydroxylation is 1. The van der Waals surface area contributed by atoms with Crippen molar-refractivity contribution in [1.82, 2.24) is 10.3 Å². The number of oxazole rings is 1. The van der Waals surface area contributed by atoms with E-state index in [1.165, 1.54) is 19.3 Å². The molecule has 0 spiro atoms. The van der Waals surface area contributed by atoms with E-state index in [1.807, 2.05) is 6.20 Å². The molecule has 0 amide bonds. The van der Waals surface area contributed by atoms with Gasteiger partial charge >= 0.3 is 0 Å². The third kappa shape index (κ3) is 5.35. The Hall–Kier alpha value is -0.830. The summed E-state index contributed by atoms with van der Waals surface area (Å²) in [4.78, 5) is 4.34. The van der Waals surface area contributed by atoms with Crippen molar-refractivity contribution in [3.8, 4) is 0 Å². The topological polar surface area (TPSA) is 38.1 Å². The molecule has 17 heavy (non-hydrogen) atoms. The number of aromatic nitrogens is 1. The van der Waals surface area contributed by atoms with Crippen molar-refractivity contribution in [3.05, 3.63) is 17.8 Å². The fourth-order valence-corrected chi connectivity index (χ4v) is 1.91. The summed E-state index contributed by atoms with van der Waals surface area (Å²) in [6.45, 7) is 8.74. The average molecular weight is 238 g/mol. The Morgan fingerprint density at radius 3 is 2.82 bits per heavy atom. The second-order valence-electron chi connectivity index (χ2n) is 4.70. The Kier molecular flexibility index (Phi) is 6.94. The summed E-state index contributed by atoms with van der Waals surface area (Å²) in [5, 5.41) is 3.39. The van der Waals surface area contributed by atoms with Gasteiger partial charge in [-0.25, -0.2) is 4.98 Å². The third-order valence-electron chi connectivity index (χ3n) is 2.95. The van der Waals surface area contributed by atoms with Gasteiger partial charge in [-0.05, 0) is 32.4 Å². The Morgan fingerprint density at radius 1 is 1.29 bits per heavy atom. The molecule has 1 atom stereocenters. The first kappa shape index (κ1) is 14.2. The smallest absolute Gasteiger partial charge is 0.194 e. The monoisotopic (exact) mass is 238 g/mol. The highest BCUT2D eigenvalue weighted by atomic mass is 16.4. The molecule has 1 rings (SSSR count). The number of hydrogen-bond donors (Lipinski definition) is 1. The lowest BCUT2D eigenvalue weighted by Crippen LogP contribution is -2.16. The van der Waals surface area contributed by atoms with Crippen LogP contribution in [0.2, 0.25) is 0 Å². The van der Waals surface area contributed by atoms with Crippen molar-refractivity contribution < 1.29 is 4.42 Å². The van der Waals surface area contributed by atoms with Crippen LogP contribution in [0.5, 0.6) is 0 Å². The zero-order valence-electron chi connectivity index (χ0n) is 11.5. The van der Waals surface area contributed by atoms with Crippen LogP contribution in [0, 0.1) is 0 Å². The molecule has 0 saturated heterocycles. The lowest BCUT2D eigenvalue weighted by atomic mass is 10.0. The van der Waals surface area contributed by atoms with Gasteiger partial charge in [-0.3, -0.25) is 0 Å². The molecule has 1 aromatic heterocycles. The molecule has 0 aliphatic carbocycles. The molecule has 1 N–H and O–H groups in total. The lowest BCUT2D eigenvalue weighted by molar-refractivity contribution is 0.416. The highest BCUT2D eigenvalue weighted by Gasteiger charge is 2.10. The number of rotatable bonds is 9. The van der Waals surface area contributed by atoms with Gasteiger partial charge in [0, 0.05) is 12.3 Å². The van der Waals surface area contributed by atoms with Gasteiger partial charge in [-0.15, -0.1) is 0 Å². The zero-order valence-corrected chi connectivity index (χ0v) is 11.5. The van der Waals surface area contributed by atoms with Crippen molar-refractivity contribution in [2.75, 3.05) is 13.1 Å². The third-order valence-corrected chi connectivity index (χ3v) is 2.95. The van der Waals surface area contributed by atoms with Crippen molar-refractivity contribution in [2.24, 2.45) is 0 Å². The second kappa shape index (κ2) is 8.29. The van der Waals surface area contributed by atoms with Crippen LogP contribution in [0.4, 0.5) is 0 Å². The first-order valence-electron chi connectivity index (χ1n) is 6.93. The Balaban J connectivity index is 2.25. The maximum absolute atomic E-state index is 5.77. The van der Waals surface area contributed by atoms with E-state index < -0.39 is 0 Å². The first-order chi connectivity index (χ1) is 8.27. The van der Waals surface area contributed by atoms with Gasteiger partial charge in [-0.2, -0.15) is 0 Å². The van der Waals surface area contributed by atoms with E-state index in [0.717, 1.165) is 37.6 Å². The van der Waals surface area contributed by atoms with Gasteiger partial charge < -0.3 is 9.73 Å². The number of nitrogens with one attached hydrogen (secondary N) is 1. The largest absolute Gasteiger partial charge is 0.445 e. The summed E-state index contributed by atoms with van der Waals surface area (Å²) in [6, 6.07) is 0. The lowest BCUT2D eigenvalue weighted by Gasteiger charge is -2.04. The summed E-state index contributed by atoms with van der Waals surface area (Å²) in [6.07, 6.45) is 7.50. The maximum Gasteiger partial charge on any atom is 0.194 e. The highest BCUT2D eigenvalue weighted by molar-refractivity contribution is 5.00. The van der Waals surface area contributed by atoms with Crippen LogP contribution in [-0.4, -0.2) is 18.1 Å². The molecule has 0 aromatic carbocycles. The van der Waals surface area contributed by atoms with Crippen LogP contribution in [-0.2, 0) is 6.42 Å². The molecular weight excluding hydrogens is 212 g/mol. The second-order valence-corrected chi connectivity index (χ2v) is 4.70. The predicted molar refractivity (Wildman–Crippen MR) is 71.3 cm³/mol. The Bertz CT molecular complexity index is 296. The van der Waals surface area contributed by atoms with Crippen molar-refractivity contribution in [2.45, 2.75) is 58.8 Å². The molecule has 0 aliphatic heterocycles. The molecule has 1 unspecified atom stereocenters. The zero-order chi connectivity index (χ0) is 12.5. The molecule has 0 fully saturated rings. The SMILES string of the molecule is CCCNCCCc1ncc(C(C)CCC)o1. The average Bonchev–Trinajstić information content (AvgIpc) is 2.78. The molecule has 0 radical (unpaired) electrons. The van der Waals surface area contributed by atoms with E-state index in [4.69, 9.17) is 4.42 Å². The van der Waals surface area contributed by atoms with Crippen LogP contribution >= 0.6 is 0 Å². The summed E-state index contributed by atoms with van der Waals surface area (Å²) in [5.41, 5.74) is 0. The van der Waals surface area contributed by atoms with Crippen LogP contribution in [0.1, 0.15) is 64.0 Å². The van der Waals surface area contributed by atoms with E-state index in [1.54, 1.807) is 0 Å². The van der Waals surface area contributed by atoms with Gasteiger partial charge in [0.25, 0.3) is 0 Å². The minimum absolute atomic E-state index is 0.500. The molecule has 0 bridgehead atoms. The summed E-state index contributed by atoms with van der Waals surface area (Å²) < 4.78 is 5.77. The predicted octanol–water partition coefficient (Wildman–Crippen LogP) is 3.51. The van der Waals surface area contributed by atoms with Crippen LogP contribution in [0.15, 0.2) is 10.6 Å². The normalized spacial score (nSPS) is 12.9. The van der Waals surface area contributed by atoms with Crippen LogP contribution in [0.3, 0.4) is 0 Å². The minimum Gasteiger partial charge on any atom is -0.445 e. The molecule has 0 saturated carbocycles. The standard InChI is InChI=1S/C14H26N2O/c1-4-7-12(3)13-11-16-14(17-13)8-6-10-15-9-5-2/h11-12,15H,4-10H2,1-3H3. The van der Waals surface area contributed by atoms with E-state index in [0.29, 0.717) is 5.92 Å². The molecule has 1 heterocycles. The van der Waals surface area contributed by atoms with E-state index in [9.17, 15) is 0 Å². The van der Waals surface area contributed by atoms with E-state index >= 15 is 0 Å². The van der Waals surface area contributed by atoms with Crippen molar-refractivity contribution >= 4 is 0 Å². The van der Waals surface area contributed by atoms with Crippen molar-refractivity contribution in [3.63, 3.8) is 0 Å². The fraction of sp³-hybridized carbons (Fsp3) is 0.786. The van der Waals surface area contributed by atoms with Gasteiger partial charge in [0.2, 0.25) is 0 Å². The number of hydrogen-bond acceptors (Lipinski definition) is 3. The number of nitrogens with zero attached hydrogens (tertiary/aromatic N) is 1. The Labute approximate surface area is 105 Å². The minimum atomic E-state index is 0.500. The maximum atomic E-state index is 5.77. The van der Waals surface area contributed by atoms with Crippen LogP contribution in [0.25, 0.3) is 0 Å². The molecular formula is C14H26N2O. The summed E-state index contributed by atoms with van der Waals surface area (Å²) in [5.74, 6) is 2.43. The summed E-state index contributed by atoms with van der Waals surface area (Å²) in [7, 11) is 0. The van der Waals surface area contributed by atoms with E-state index in [2.05, 4.69) is 31.1 Å². The molecule has 0 aliphatic rings. The fourth-order valence-electron chi connectivity index (χ4n) is 1.91. The molecule has 3 heteroatoms. The van der Waals surface area contributed by atoms with E-state index in [-0.39, 0.29) is 0 Å². The quantitative estimate of drug-likeness (QED) is 0.669. The molecule has 98 valence electrons. The van der Waals surface area contributed by atoms with Crippen LogP contribution < -0.4 is 5.32 Å². The summed E-state index contributed by atoms with van der Waals surface area (Å²) >= 11 is 0. The van der Waals surface area contributed by atoms with Gasteiger partial charge in [0.1, 0.15) is 5.76 Å². The highest BCUT2D eigenvalue weighted by Crippen LogP contribution is 2.21. The van der Waals surface area contributed by atoms with Gasteiger partial charge in [0.05, 0.1) is 6.20 Å². The molecule has 3 nitrogen and oxygen atoms in total.